The standard InChI is InChI=1S/C7H8F2O2/c1-5-2-3-6(11-5)7(8,9)4-10/h2-3,10H,4H2,1H3. The molecule has 0 bridgehead atoms. The van der Waals surface area contributed by atoms with Crippen molar-refractivity contribution in [1.82, 2.24) is 0 Å². The summed E-state index contributed by atoms with van der Waals surface area (Å²) in [4.78, 5) is 0. The Morgan fingerprint density at radius 1 is 1.55 bits per heavy atom. The van der Waals surface area contributed by atoms with E-state index in [0.29, 0.717) is 5.76 Å². The first-order valence-corrected chi connectivity index (χ1v) is 3.12. The number of furan rings is 1. The van der Waals surface area contributed by atoms with Gasteiger partial charge in [0.05, 0.1) is 0 Å². The highest BCUT2D eigenvalue weighted by Gasteiger charge is 2.33. The van der Waals surface area contributed by atoms with Gasteiger partial charge >= 0.3 is 5.92 Å². The predicted octanol–water partition coefficient (Wildman–Crippen LogP) is 1.67. The average Bonchev–Trinajstić information content (AvgIpc) is 2.36. The van der Waals surface area contributed by atoms with Crippen LogP contribution in [0.2, 0.25) is 0 Å². The fourth-order valence-corrected chi connectivity index (χ4v) is 0.709. The van der Waals surface area contributed by atoms with Gasteiger partial charge in [0.25, 0.3) is 0 Å². The van der Waals surface area contributed by atoms with Gasteiger partial charge in [0, 0.05) is 0 Å². The smallest absolute Gasteiger partial charge is 0.327 e. The largest absolute Gasteiger partial charge is 0.460 e. The Morgan fingerprint density at radius 2 is 2.18 bits per heavy atom. The minimum Gasteiger partial charge on any atom is -0.460 e. The number of halogens is 2. The van der Waals surface area contributed by atoms with E-state index in [1.807, 2.05) is 0 Å². The fourth-order valence-electron chi connectivity index (χ4n) is 0.709. The van der Waals surface area contributed by atoms with E-state index in [1.54, 1.807) is 6.92 Å². The number of hydrogen-bond donors (Lipinski definition) is 1. The van der Waals surface area contributed by atoms with Crippen molar-refractivity contribution in [2.24, 2.45) is 0 Å². The van der Waals surface area contributed by atoms with Crippen molar-refractivity contribution in [1.29, 1.82) is 0 Å². The molecule has 4 heteroatoms. The highest BCUT2D eigenvalue weighted by atomic mass is 19.3. The lowest BCUT2D eigenvalue weighted by Gasteiger charge is -2.08. The van der Waals surface area contributed by atoms with E-state index >= 15 is 0 Å². The summed E-state index contributed by atoms with van der Waals surface area (Å²) in [6.45, 7) is 0.344. The van der Waals surface area contributed by atoms with Crippen molar-refractivity contribution in [3.05, 3.63) is 23.7 Å². The Morgan fingerprint density at radius 3 is 2.55 bits per heavy atom. The van der Waals surface area contributed by atoms with E-state index in [4.69, 9.17) is 5.11 Å². The molecule has 0 atom stereocenters. The third-order valence-electron chi connectivity index (χ3n) is 1.30. The quantitative estimate of drug-likeness (QED) is 0.717. The number of aryl methyl sites for hydroxylation is 1. The minimum absolute atomic E-state index is 0.410. The van der Waals surface area contributed by atoms with Gasteiger partial charge in [-0.3, -0.25) is 0 Å². The second-order valence-electron chi connectivity index (χ2n) is 2.27. The van der Waals surface area contributed by atoms with E-state index in [2.05, 4.69) is 4.42 Å². The van der Waals surface area contributed by atoms with Gasteiger partial charge in [-0.1, -0.05) is 0 Å². The Bertz CT molecular complexity index is 242. The first-order valence-electron chi connectivity index (χ1n) is 3.12. The molecule has 0 fully saturated rings. The van der Waals surface area contributed by atoms with Crippen LogP contribution < -0.4 is 0 Å². The molecule has 0 spiro atoms. The summed E-state index contributed by atoms with van der Waals surface area (Å²) in [5.74, 6) is -3.33. The summed E-state index contributed by atoms with van der Waals surface area (Å²) >= 11 is 0. The van der Waals surface area contributed by atoms with Gasteiger partial charge in [-0.25, -0.2) is 0 Å². The molecule has 1 rings (SSSR count). The van der Waals surface area contributed by atoms with Crippen LogP contribution in [-0.2, 0) is 5.92 Å². The number of hydrogen-bond acceptors (Lipinski definition) is 2. The number of rotatable bonds is 2. The number of alkyl halides is 2. The maximum Gasteiger partial charge on any atom is 0.327 e. The van der Waals surface area contributed by atoms with Gasteiger partial charge in [-0.2, -0.15) is 8.78 Å². The molecule has 11 heavy (non-hydrogen) atoms. The highest BCUT2D eigenvalue weighted by Crippen LogP contribution is 2.28. The second-order valence-corrected chi connectivity index (χ2v) is 2.27. The van der Waals surface area contributed by atoms with Gasteiger partial charge < -0.3 is 9.52 Å². The lowest BCUT2D eigenvalue weighted by molar-refractivity contribution is -0.0726. The summed E-state index contributed by atoms with van der Waals surface area (Å²) in [5, 5.41) is 8.25. The van der Waals surface area contributed by atoms with Crippen molar-refractivity contribution in [3.63, 3.8) is 0 Å². The van der Waals surface area contributed by atoms with Crippen LogP contribution in [0.15, 0.2) is 16.5 Å². The maximum absolute atomic E-state index is 12.6. The fraction of sp³-hybridized carbons (Fsp3) is 0.429. The summed E-state index contributed by atoms with van der Waals surface area (Å²) < 4.78 is 29.7. The second kappa shape index (κ2) is 2.62. The van der Waals surface area contributed by atoms with E-state index in [0.717, 1.165) is 6.07 Å². The van der Waals surface area contributed by atoms with Gasteiger partial charge in [-0.15, -0.1) is 0 Å². The Labute approximate surface area is 62.4 Å². The average molecular weight is 162 g/mol. The monoisotopic (exact) mass is 162 g/mol. The Balaban J connectivity index is 2.92. The van der Waals surface area contributed by atoms with Crippen LogP contribution in [0.5, 0.6) is 0 Å². The Hall–Kier alpha value is -0.900. The molecule has 1 aromatic heterocycles. The van der Waals surface area contributed by atoms with Crippen LogP contribution >= 0.6 is 0 Å². The molecule has 0 saturated heterocycles. The van der Waals surface area contributed by atoms with E-state index in [1.165, 1.54) is 6.07 Å². The van der Waals surface area contributed by atoms with Crippen LogP contribution in [0.4, 0.5) is 8.78 Å². The molecule has 0 aliphatic heterocycles. The molecule has 0 radical (unpaired) electrons. The van der Waals surface area contributed by atoms with Crippen molar-refractivity contribution in [2.75, 3.05) is 6.61 Å². The lowest BCUT2D eigenvalue weighted by Crippen LogP contribution is -2.17. The first-order chi connectivity index (χ1) is 5.06. The molecule has 0 unspecified atom stereocenters. The molecular formula is C7H8F2O2. The van der Waals surface area contributed by atoms with Crippen LogP contribution in [0.3, 0.4) is 0 Å². The number of aliphatic hydroxyl groups is 1. The van der Waals surface area contributed by atoms with Crippen molar-refractivity contribution >= 4 is 0 Å². The molecule has 0 saturated carbocycles. The summed E-state index contributed by atoms with van der Waals surface area (Å²) in [5.41, 5.74) is 0. The van der Waals surface area contributed by atoms with Gasteiger partial charge in [0.2, 0.25) is 0 Å². The van der Waals surface area contributed by atoms with E-state index in [-0.39, 0.29) is 0 Å². The van der Waals surface area contributed by atoms with Crippen molar-refractivity contribution in [3.8, 4) is 0 Å². The molecule has 1 N–H and O–H groups in total. The molecular weight excluding hydrogens is 154 g/mol. The van der Waals surface area contributed by atoms with Crippen molar-refractivity contribution < 1.29 is 18.3 Å². The summed E-state index contributed by atoms with van der Waals surface area (Å²) in [6.07, 6.45) is 0. The third-order valence-corrected chi connectivity index (χ3v) is 1.30. The van der Waals surface area contributed by atoms with E-state index in [9.17, 15) is 8.78 Å². The zero-order valence-electron chi connectivity index (χ0n) is 5.97. The minimum atomic E-state index is -3.26. The highest BCUT2D eigenvalue weighted by molar-refractivity contribution is 5.10. The molecule has 0 amide bonds. The molecule has 0 aliphatic carbocycles. The van der Waals surface area contributed by atoms with Gasteiger partial charge in [-0.05, 0) is 19.1 Å². The topological polar surface area (TPSA) is 33.4 Å². The van der Waals surface area contributed by atoms with Crippen LogP contribution in [0.1, 0.15) is 11.5 Å². The van der Waals surface area contributed by atoms with Crippen LogP contribution in [0, 0.1) is 6.92 Å². The van der Waals surface area contributed by atoms with Crippen molar-refractivity contribution in [2.45, 2.75) is 12.8 Å². The Kier molecular flexibility index (Phi) is 1.95. The van der Waals surface area contributed by atoms with E-state index < -0.39 is 18.3 Å². The molecule has 1 aromatic rings. The molecule has 1 heterocycles. The molecule has 0 aliphatic rings. The zero-order valence-corrected chi connectivity index (χ0v) is 5.97. The lowest BCUT2D eigenvalue weighted by atomic mass is 10.3. The predicted molar refractivity (Wildman–Crippen MR) is 34.4 cm³/mol. The van der Waals surface area contributed by atoms with Crippen LogP contribution in [0.25, 0.3) is 0 Å². The summed E-state index contributed by atoms with van der Waals surface area (Å²) in [7, 11) is 0. The zero-order chi connectivity index (χ0) is 8.48. The molecule has 62 valence electrons. The molecule has 0 aromatic carbocycles. The summed E-state index contributed by atoms with van der Waals surface area (Å²) in [6, 6.07) is 2.59. The molecule has 2 nitrogen and oxygen atoms in total. The van der Waals surface area contributed by atoms with Gasteiger partial charge in [0.15, 0.2) is 5.76 Å². The number of aliphatic hydroxyl groups excluding tert-OH is 1. The maximum atomic E-state index is 12.6. The normalized spacial score (nSPS) is 12.0. The first kappa shape index (κ1) is 8.20. The SMILES string of the molecule is Cc1ccc(C(F)(F)CO)o1. The third kappa shape index (κ3) is 1.57. The van der Waals surface area contributed by atoms with Gasteiger partial charge in [0.1, 0.15) is 12.4 Å². The van der Waals surface area contributed by atoms with Crippen LogP contribution in [-0.4, -0.2) is 11.7 Å².